The van der Waals surface area contributed by atoms with Crippen LogP contribution < -0.4 is 5.32 Å². The molecule has 84 valence electrons. The molecule has 2 unspecified atom stereocenters. The van der Waals surface area contributed by atoms with Crippen molar-refractivity contribution in [1.82, 2.24) is 10.2 Å². The molecule has 0 amide bonds. The zero-order chi connectivity index (χ0) is 10.7. The lowest BCUT2D eigenvalue weighted by atomic mass is 9.93. The lowest BCUT2D eigenvalue weighted by Gasteiger charge is -2.35. The molecule has 0 spiro atoms. The number of piperidine rings is 1. The van der Waals surface area contributed by atoms with Crippen molar-refractivity contribution in [2.45, 2.75) is 25.3 Å². The molecule has 1 aromatic rings. The van der Waals surface area contributed by atoms with Crippen molar-refractivity contribution in [2.24, 2.45) is 0 Å². The van der Waals surface area contributed by atoms with E-state index in [0.717, 1.165) is 12.5 Å². The first-order valence-corrected chi connectivity index (χ1v) is 6.63. The summed E-state index contributed by atoms with van der Waals surface area (Å²) in [6.45, 7) is 5.67. The third-order valence-corrected chi connectivity index (χ3v) is 4.11. The van der Waals surface area contributed by atoms with E-state index in [2.05, 4.69) is 41.7 Å². The summed E-state index contributed by atoms with van der Waals surface area (Å²) < 4.78 is 0. The van der Waals surface area contributed by atoms with Gasteiger partial charge < -0.3 is 10.2 Å². The van der Waals surface area contributed by atoms with Gasteiger partial charge in [-0.3, -0.25) is 0 Å². The van der Waals surface area contributed by atoms with Crippen LogP contribution in [0.5, 0.6) is 0 Å². The molecule has 2 heterocycles. The average Bonchev–Trinajstić information content (AvgIpc) is 2.70. The Hall–Kier alpha value is -0.380. The maximum absolute atomic E-state index is 3.57. The van der Waals surface area contributed by atoms with Crippen LogP contribution in [0.1, 0.15) is 24.1 Å². The number of rotatable bonds is 3. The Morgan fingerprint density at radius 3 is 3.07 bits per heavy atom. The molecule has 1 N–H and O–H groups in total. The van der Waals surface area contributed by atoms with E-state index in [0.29, 0.717) is 6.04 Å². The topological polar surface area (TPSA) is 15.3 Å². The highest BCUT2D eigenvalue weighted by atomic mass is 32.1. The van der Waals surface area contributed by atoms with Crippen molar-refractivity contribution < 1.29 is 0 Å². The van der Waals surface area contributed by atoms with Gasteiger partial charge in [0.1, 0.15) is 0 Å². The second-order valence-corrected chi connectivity index (χ2v) is 5.40. The van der Waals surface area contributed by atoms with Gasteiger partial charge in [-0.05, 0) is 31.5 Å². The quantitative estimate of drug-likeness (QED) is 0.846. The van der Waals surface area contributed by atoms with Crippen molar-refractivity contribution in [1.29, 1.82) is 0 Å². The summed E-state index contributed by atoms with van der Waals surface area (Å²) in [5.41, 5.74) is 0. The van der Waals surface area contributed by atoms with Gasteiger partial charge in [-0.25, -0.2) is 0 Å². The fraction of sp³-hybridized carbons (Fsp3) is 0.667. The maximum Gasteiger partial charge on any atom is 0.0201 e. The SMILES string of the molecule is CCNC1CC(c2cccs2)CN(C)C1. The Bertz CT molecular complexity index is 284. The molecular weight excluding hydrogens is 204 g/mol. The van der Waals surface area contributed by atoms with E-state index in [1.165, 1.54) is 19.5 Å². The molecule has 1 aromatic heterocycles. The lowest BCUT2D eigenvalue weighted by molar-refractivity contribution is 0.208. The van der Waals surface area contributed by atoms with Gasteiger partial charge in [0.25, 0.3) is 0 Å². The highest BCUT2D eigenvalue weighted by Gasteiger charge is 2.26. The number of thiophene rings is 1. The van der Waals surface area contributed by atoms with E-state index in [4.69, 9.17) is 0 Å². The summed E-state index contributed by atoms with van der Waals surface area (Å²) in [7, 11) is 2.23. The number of hydrogen-bond donors (Lipinski definition) is 1. The number of likely N-dealkylation sites (N-methyl/N-ethyl adjacent to an activating group) is 2. The summed E-state index contributed by atoms with van der Waals surface area (Å²) in [5, 5.41) is 5.76. The average molecular weight is 224 g/mol. The lowest BCUT2D eigenvalue weighted by Crippen LogP contribution is -2.46. The van der Waals surface area contributed by atoms with Gasteiger partial charge in [-0.2, -0.15) is 0 Å². The van der Waals surface area contributed by atoms with Crippen molar-refractivity contribution in [3.05, 3.63) is 22.4 Å². The van der Waals surface area contributed by atoms with Gasteiger partial charge in [0.05, 0.1) is 0 Å². The van der Waals surface area contributed by atoms with Crippen molar-refractivity contribution in [3.63, 3.8) is 0 Å². The van der Waals surface area contributed by atoms with Crippen LogP contribution >= 0.6 is 11.3 Å². The first-order chi connectivity index (χ1) is 7.29. The molecule has 15 heavy (non-hydrogen) atoms. The van der Waals surface area contributed by atoms with Crippen LogP contribution in [0, 0.1) is 0 Å². The normalized spacial score (nSPS) is 28.1. The third kappa shape index (κ3) is 2.80. The van der Waals surface area contributed by atoms with Crippen molar-refractivity contribution in [3.8, 4) is 0 Å². The Morgan fingerprint density at radius 1 is 1.53 bits per heavy atom. The second kappa shape index (κ2) is 5.10. The van der Waals surface area contributed by atoms with E-state index in [1.807, 2.05) is 11.3 Å². The summed E-state index contributed by atoms with van der Waals surface area (Å²) in [6, 6.07) is 5.11. The maximum atomic E-state index is 3.57. The molecule has 0 saturated carbocycles. The van der Waals surface area contributed by atoms with Crippen LogP contribution in [0.25, 0.3) is 0 Å². The third-order valence-electron chi connectivity index (χ3n) is 3.07. The molecule has 3 heteroatoms. The largest absolute Gasteiger partial charge is 0.313 e. The smallest absolute Gasteiger partial charge is 0.0201 e. The van der Waals surface area contributed by atoms with Gasteiger partial charge >= 0.3 is 0 Å². The minimum absolute atomic E-state index is 0.667. The minimum atomic E-state index is 0.667. The Kier molecular flexibility index (Phi) is 3.78. The van der Waals surface area contributed by atoms with Crippen LogP contribution in [0.15, 0.2) is 17.5 Å². The standard InChI is InChI=1S/C12H20N2S/c1-3-13-11-7-10(8-14(2)9-11)12-5-4-6-15-12/h4-6,10-11,13H,3,7-9H2,1-2H3. The second-order valence-electron chi connectivity index (χ2n) is 4.42. The van der Waals surface area contributed by atoms with Crippen LogP contribution in [-0.2, 0) is 0 Å². The fourth-order valence-corrected chi connectivity index (χ4v) is 3.32. The van der Waals surface area contributed by atoms with Gasteiger partial charge in [-0.1, -0.05) is 13.0 Å². The molecular formula is C12H20N2S. The molecule has 1 saturated heterocycles. The van der Waals surface area contributed by atoms with Crippen molar-refractivity contribution in [2.75, 3.05) is 26.7 Å². The predicted molar refractivity (Wildman–Crippen MR) is 66.6 cm³/mol. The zero-order valence-electron chi connectivity index (χ0n) is 9.57. The van der Waals surface area contributed by atoms with Gasteiger partial charge in [0.2, 0.25) is 0 Å². The first-order valence-electron chi connectivity index (χ1n) is 5.75. The molecule has 1 fully saturated rings. The molecule has 2 atom stereocenters. The highest BCUT2D eigenvalue weighted by Crippen LogP contribution is 2.29. The number of hydrogen-bond acceptors (Lipinski definition) is 3. The number of nitrogens with one attached hydrogen (secondary N) is 1. The molecule has 2 rings (SSSR count). The highest BCUT2D eigenvalue weighted by molar-refractivity contribution is 7.10. The summed E-state index contributed by atoms with van der Waals surface area (Å²) in [4.78, 5) is 3.99. The van der Waals surface area contributed by atoms with Gasteiger partial charge in [0, 0.05) is 29.9 Å². The Morgan fingerprint density at radius 2 is 2.40 bits per heavy atom. The summed E-state index contributed by atoms with van der Waals surface area (Å²) in [6.07, 6.45) is 1.29. The Balaban J connectivity index is 2.00. The van der Waals surface area contributed by atoms with Crippen LogP contribution in [0.3, 0.4) is 0 Å². The van der Waals surface area contributed by atoms with Gasteiger partial charge in [-0.15, -0.1) is 11.3 Å². The number of likely N-dealkylation sites (tertiary alicyclic amines) is 1. The summed E-state index contributed by atoms with van der Waals surface area (Å²) >= 11 is 1.90. The molecule has 0 aromatic carbocycles. The van der Waals surface area contributed by atoms with Crippen LogP contribution in [-0.4, -0.2) is 37.6 Å². The number of nitrogens with zero attached hydrogens (tertiary/aromatic N) is 1. The van der Waals surface area contributed by atoms with Crippen LogP contribution in [0.2, 0.25) is 0 Å². The molecule has 0 radical (unpaired) electrons. The molecule has 0 aliphatic carbocycles. The van der Waals surface area contributed by atoms with Crippen LogP contribution in [0.4, 0.5) is 0 Å². The Labute approximate surface area is 96.3 Å². The first kappa shape index (κ1) is 11.1. The molecule has 1 aliphatic rings. The summed E-state index contributed by atoms with van der Waals surface area (Å²) in [5.74, 6) is 0.729. The fourth-order valence-electron chi connectivity index (χ4n) is 2.49. The van der Waals surface area contributed by atoms with E-state index in [9.17, 15) is 0 Å². The van der Waals surface area contributed by atoms with Gasteiger partial charge in [0.15, 0.2) is 0 Å². The van der Waals surface area contributed by atoms with E-state index < -0.39 is 0 Å². The van der Waals surface area contributed by atoms with E-state index >= 15 is 0 Å². The van der Waals surface area contributed by atoms with E-state index in [1.54, 1.807) is 4.88 Å². The minimum Gasteiger partial charge on any atom is -0.313 e. The molecule has 2 nitrogen and oxygen atoms in total. The van der Waals surface area contributed by atoms with Crippen molar-refractivity contribution >= 4 is 11.3 Å². The zero-order valence-corrected chi connectivity index (χ0v) is 10.4. The monoisotopic (exact) mass is 224 g/mol. The van der Waals surface area contributed by atoms with E-state index in [-0.39, 0.29) is 0 Å². The predicted octanol–water partition coefficient (Wildman–Crippen LogP) is 2.15. The molecule has 0 bridgehead atoms. The molecule has 1 aliphatic heterocycles.